The Bertz CT molecular complexity index is 3520. The number of thiophene rings is 1. The number of furan rings is 1. The van der Waals surface area contributed by atoms with Crippen LogP contribution in [0.1, 0.15) is 95.0 Å². The highest BCUT2D eigenvalue weighted by Crippen LogP contribution is 2.68. The first-order valence-corrected chi connectivity index (χ1v) is 24.8. The van der Waals surface area contributed by atoms with Crippen molar-refractivity contribution in [1.82, 2.24) is 0 Å². The molecule has 7 aromatic carbocycles. The SMILES string of the molecule is Cc1cc2c3c(c1)N(c1cccc4c1oc1ccccc14)c1c(sc4ccc(C(C)(C)C)cc14)B3c1ccc(C(C)(C)C)cc1N2c1ccc2c(c1)C1(c3ccccc3-2)C2CCC1CC2. The Balaban J connectivity index is 1.08. The van der Waals surface area contributed by atoms with Crippen molar-refractivity contribution in [3.8, 4) is 11.1 Å². The normalized spacial score (nSPS) is 20.3. The maximum Gasteiger partial charge on any atom is 0.264 e. The molecule has 0 unspecified atom stereocenters. The van der Waals surface area contributed by atoms with Crippen LogP contribution in [0.15, 0.2) is 138 Å². The molecule has 3 nitrogen and oxygen atoms in total. The van der Waals surface area contributed by atoms with E-state index in [0.29, 0.717) is 11.8 Å². The Morgan fingerprint density at radius 2 is 1.26 bits per heavy atom. The van der Waals surface area contributed by atoms with Gasteiger partial charge in [0.1, 0.15) is 5.58 Å². The highest BCUT2D eigenvalue weighted by molar-refractivity contribution is 7.33. The van der Waals surface area contributed by atoms with E-state index < -0.39 is 0 Å². The fourth-order valence-corrected chi connectivity index (χ4v) is 15.0. The number of hydrogen-bond donors (Lipinski definition) is 0. The van der Waals surface area contributed by atoms with Crippen LogP contribution in [0.5, 0.6) is 0 Å². The minimum Gasteiger partial charge on any atom is -0.454 e. The topological polar surface area (TPSA) is 19.6 Å². The molecule has 2 saturated carbocycles. The van der Waals surface area contributed by atoms with Gasteiger partial charge >= 0.3 is 0 Å². The van der Waals surface area contributed by atoms with Crippen molar-refractivity contribution >= 4 is 99.9 Å². The van der Waals surface area contributed by atoms with Gasteiger partial charge in [0.2, 0.25) is 0 Å². The largest absolute Gasteiger partial charge is 0.454 e. The van der Waals surface area contributed by atoms with Crippen molar-refractivity contribution in [3.05, 3.63) is 161 Å². The van der Waals surface area contributed by atoms with Gasteiger partial charge in [-0.1, -0.05) is 120 Å². The number of benzene rings is 7. The van der Waals surface area contributed by atoms with E-state index in [4.69, 9.17) is 4.42 Å². The highest BCUT2D eigenvalue weighted by Gasteiger charge is 2.60. The zero-order valence-corrected chi connectivity index (χ0v) is 39.3. The van der Waals surface area contributed by atoms with Gasteiger partial charge in [-0.05, 0) is 160 Å². The lowest BCUT2D eigenvalue weighted by molar-refractivity contribution is 0.400. The van der Waals surface area contributed by atoms with Gasteiger partial charge < -0.3 is 14.2 Å². The summed E-state index contributed by atoms with van der Waals surface area (Å²) in [5, 5.41) is 3.61. The number of anilines is 6. The number of nitrogens with zero attached hydrogens (tertiary/aromatic N) is 2. The second-order valence-electron chi connectivity index (χ2n) is 22.1. The maximum absolute atomic E-state index is 6.94. The fourth-order valence-electron chi connectivity index (χ4n) is 13.7. The smallest absolute Gasteiger partial charge is 0.264 e. The van der Waals surface area contributed by atoms with E-state index in [0.717, 1.165) is 27.6 Å². The highest BCUT2D eigenvalue weighted by atomic mass is 32.1. The summed E-state index contributed by atoms with van der Waals surface area (Å²) in [6, 6.07) is 51.9. The zero-order valence-electron chi connectivity index (χ0n) is 38.5. The van der Waals surface area contributed by atoms with Gasteiger partial charge in [-0.3, -0.25) is 0 Å². The third-order valence-corrected chi connectivity index (χ3v) is 17.8. The first-order chi connectivity index (χ1) is 31.4. The van der Waals surface area contributed by atoms with Crippen molar-refractivity contribution in [2.24, 2.45) is 11.8 Å². The molecule has 0 atom stereocenters. The average molecular weight is 861 g/mol. The van der Waals surface area contributed by atoms with Gasteiger partial charge in [0, 0.05) is 53.8 Å². The van der Waals surface area contributed by atoms with E-state index in [1.807, 2.05) is 11.3 Å². The monoisotopic (exact) mass is 860 g/mol. The predicted molar refractivity (Wildman–Crippen MR) is 277 cm³/mol. The molecule has 4 heterocycles. The number of rotatable bonds is 2. The van der Waals surface area contributed by atoms with E-state index in [2.05, 4.69) is 192 Å². The van der Waals surface area contributed by atoms with E-state index in [9.17, 15) is 0 Å². The molecule has 9 aromatic rings. The first-order valence-electron chi connectivity index (χ1n) is 24.0. The van der Waals surface area contributed by atoms with Crippen LogP contribution in [0.3, 0.4) is 0 Å². The summed E-state index contributed by atoms with van der Waals surface area (Å²) >= 11 is 1.98. The lowest BCUT2D eigenvalue weighted by Crippen LogP contribution is -2.60. The second-order valence-corrected chi connectivity index (χ2v) is 23.1. The van der Waals surface area contributed by atoms with Crippen molar-refractivity contribution in [2.75, 3.05) is 9.80 Å². The molecule has 5 heteroatoms. The van der Waals surface area contributed by atoms with Crippen LogP contribution in [0.2, 0.25) is 0 Å². The summed E-state index contributed by atoms with van der Waals surface area (Å²) in [4.78, 5) is 5.28. The summed E-state index contributed by atoms with van der Waals surface area (Å²) in [6.07, 6.45) is 5.33. The number of fused-ring (bicyclic) bond motifs is 12. The van der Waals surface area contributed by atoms with Crippen LogP contribution >= 0.6 is 11.3 Å². The summed E-state index contributed by atoms with van der Waals surface area (Å²) in [5.74, 6) is 1.39. The first kappa shape index (κ1) is 38.3. The summed E-state index contributed by atoms with van der Waals surface area (Å²) in [7, 11) is 0. The molecule has 65 heavy (non-hydrogen) atoms. The molecule has 0 saturated heterocycles. The molecular formula is C60H53BN2OS. The predicted octanol–water partition coefficient (Wildman–Crippen LogP) is 14.9. The van der Waals surface area contributed by atoms with Crippen LogP contribution in [0.4, 0.5) is 34.1 Å². The average Bonchev–Trinajstić information content (AvgIpc) is 4.11. The minimum absolute atomic E-state index is 0.00194. The lowest BCUT2D eigenvalue weighted by atomic mass is 9.36. The van der Waals surface area contributed by atoms with E-state index in [-0.39, 0.29) is 23.0 Å². The number of para-hydroxylation sites is 2. The van der Waals surface area contributed by atoms with Crippen molar-refractivity contribution < 1.29 is 4.42 Å². The fraction of sp³-hybridized carbons (Fsp3) is 0.267. The quantitative estimate of drug-likeness (QED) is 0.161. The molecule has 2 fully saturated rings. The van der Waals surface area contributed by atoms with Gasteiger partial charge in [0.25, 0.3) is 6.71 Å². The van der Waals surface area contributed by atoms with Crippen molar-refractivity contribution in [3.63, 3.8) is 0 Å². The molecule has 5 aliphatic rings. The van der Waals surface area contributed by atoms with Crippen LogP contribution in [0.25, 0.3) is 43.2 Å². The van der Waals surface area contributed by atoms with E-state index in [1.165, 1.54) is 108 Å². The van der Waals surface area contributed by atoms with Crippen LogP contribution in [0, 0.1) is 18.8 Å². The third kappa shape index (κ3) is 4.98. The Morgan fingerprint density at radius 3 is 2.05 bits per heavy atom. The summed E-state index contributed by atoms with van der Waals surface area (Å²) in [5.41, 5.74) is 22.1. The van der Waals surface area contributed by atoms with Gasteiger partial charge in [-0.2, -0.15) is 0 Å². The molecule has 2 aromatic heterocycles. The van der Waals surface area contributed by atoms with Gasteiger partial charge in [-0.25, -0.2) is 0 Å². The molecule has 0 radical (unpaired) electrons. The molecule has 2 bridgehead atoms. The minimum atomic E-state index is -0.0216. The Kier molecular flexibility index (Phi) is 7.57. The Morgan fingerprint density at radius 1 is 0.585 bits per heavy atom. The lowest BCUT2D eigenvalue weighted by Gasteiger charge is -2.44. The van der Waals surface area contributed by atoms with E-state index >= 15 is 0 Å². The summed E-state index contributed by atoms with van der Waals surface area (Å²) < 4.78 is 9.66. The Labute approximate surface area is 386 Å². The van der Waals surface area contributed by atoms with Gasteiger partial charge in [0.15, 0.2) is 5.58 Å². The van der Waals surface area contributed by atoms with Crippen LogP contribution in [-0.2, 0) is 16.2 Å². The van der Waals surface area contributed by atoms with Crippen LogP contribution < -0.4 is 25.5 Å². The maximum atomic E-state index is 6.94. The van der Waals surface area contributed by atoms with Crippen molar-refractivity contribution in [2.45, 2.75) is 90.4 Å². The molecular weight excluding hydrogens is 808 g/mol. The van der Waals surface area contributed by atoms with Crippen molar-refractivity contribution in [1.29, 1.82) is 0 Å². The van der Waals surface area contributed by atoms with Crippen LogP contribution in [-0.4, -0.2) is 6.71 Å². The Hall–Kier alpha value is -6.04. The number of aryl methyl sites for hydroxylation is 1. The zero-order chi connectivity index (χ0) is 43.9. The molecule has 3 aliphatic carbocycles. The number of hydrogen-bond acceptors (Lipinski definition) is 4. The molecule has 0 N–H and O–H groups in total. The second kappa shape index (κ2) is 12.9. The molecule has 14 rings (SSSR count). The standard InChI is InChI=1S/C60H53BN2OS/c1-34-29-50-54-51(30-34)63(48-17-12-15-43-42-14-9-11-18-52(42)64-56(43)48)55-44-31-37(58(2,3)4)24-28-53(44)65-57(55)61(54)47-27-23-38(59(5,6)7)32-49(47)62(50)39-25-26-41-40-13-8-10-16-45(40)60(46(41)33-39)35-19-20-36(60)22-21-35/h8-18,23-33,35-36H,19-22H2,1-7H3. The molecule has 0 amide bonds. The van der Waals surface area contributed by atoms with Gasteiger partial charge in [-0.15, -0.1) is 11.3 Å². The third-order valence-electron chi connectivity index (χ3n) is 16.5. The molecule has 318 valence electrons. The van der Waals surface area contributed by atoms with Gasteiger partial charge in [0.05, 0.1) is 11.4 Å². The molecule has 1 spiro atoms. The molecule has 2 aliphatic heterocycles. The summed E-state index contributed by atoms with van der Waals surface area (Å²) in [6.45, 7) is 16.4. The van der Waals surface area contributed by atoms with E-state index in [1.54, 1.807) is 11.1 Å².